The van der Waals surface area contributed by atoms with Crippen molar-refractivity contribution in [2.75, 3.05) is 24.6 Å². The molecule has 0 bridgehead atoms. The summed E-state index contributed by atoms with van der Waals surface area (Å²) in [5, 5.41) is 8.87. The Labute approximate surface area is 189 Å². The van der Waals surface area contributed by atoms with E-state index in [0.717, 1.165) is 28.0 Å². The van der Waals surface area contributed by atoms with Crippen LogP contribution in [0.15, 0.2) is 36.8 Å². The molecule has 1 aromatic carbocycles. The monoisotopic (exact) mass is 451 g/mol. The second-order valence-corrected chi connectivity index (χ2v) is 8.22. The maximum Gasteiger partial charge on any atom is 0.282 e. The lowest BCUT2D eigenvalue weighted by Crippen LogP contribution is -2.56. The molecule has 0 amide bonds. The molecule has 8 nitrogen and oxygen atoms in total. The molecule has 0 saturated carbocycles. The minimum absolute atomic E-state index is 0.351. The van der Waals surface area contributed by atoms with Gasteiger partial charge in [0.1, 0.15) is 23.4 Å². The minimum Gasteiger partial charge on any atom is -0.494 e. The molecule has 0 unspecified atom stereocenters. The van der Waals surface area contributed by atoms with Crippen LogP contribution in [0.2, 0.25) is 0 Å². The normalized spacial score (nSPS) is 15.0. The fourth-order valence-electron chi connectivity index (χ4n) is 4.00. The molecule has 3 aromatic heterocycles. The van der Waals surface area contributed by atoms with Gasteiger partial charge in [0.15, 0.2) is 11.6 Å². The lowest BCUT2D eigenvalue weighted by atomic mass is 10.1. The highest BCUT2D eigenvalue weighted by Crippen LogP contribution is 2.34. The standard InChI is InChI=1S/C23H23F2N7O/c1-4-33-18-8-16(21-30-27-13-31(21)3)6-5-15(18)9-19-26-10-17-7-14(2)28-22(20(17)29-19)32-11-23(24,25)12-32/h5-8,10,13H,4,9,11-12H2,1-3H3. The van der Waals surface area contributed by atoms with Crippen molar-refractivity contribution in [2.24, 2.45) is 7.05 Å². The van der Waals surface area contributed by atoms with Crippen molar-refractivity contribution in [1.29, 1.82) is 0 Å². The van der Waals surface area contributed by atoms with E-state index in [9.17, 15) is 8.78 Å². The number of alkyl halides is 2. The first-order chi connectivity index (χ1) is 15.8. The number of aromatic nitrogens is 6. The number of aryl methyl sites for hydroxylation is 2. The molecule has 1 saturated heterocycles. The molecule has 1 aliphatic rings. The Morgan fingerprint density at radius 1 is 1.15 bits per heavy atom. The summed E-state index contributed by atoms with van der Waals surface area (Å²) in [6.45, 7) is 3.56. The number of anilines is 1. The summed E-state index contributed by atoms with van der Waals surface area (Å²) in [5.74, 6) is -0.200. The van der Waals surface area contributed by atoms with Crippen LogP contribution >= 0.6 is 0 Å². The van der Waals surface area contributed by atoms with Crippen molar-refractivity contribution in [2.45, 2.75) is 26.2 Å². The summed E-state index contributed by atoms with van der Waals surface area (Å²) < 4.78 is 34.7. The first-order valence-corrected chi connectivity index (χ1v) is 10.7. The molecule has 1 aliphatic heterocycles. The van der Waals surface area contributed by atoms with Gasteiger partial charge in [-0.15, -0.1) is 10.2 Å². The lowest BCUT2D eigenvalue weighted by Gasteiger charge is -2.39. The van der Waals surface area contributed by atoms with Gasteiger partial charge >= 0.3 is 0 Å². The summed E-state index contributed by atoms with van der Waals surface area (Å²) >= 11 is 0. The van der Waals surface area contributed by atoms with E-state index in [1.165, 1.54) is 0 Å². The largest absolute Gasteiger partial charge is 0.494 e. The van der Waals surface area contributed by atoms with E-state index in [-0.39, 0.29) is 13.1 Å². The Balaban J connectivity index is 1.50. The summed E-state index contributed by atoms with van der Waals surface area (Å²) in [6.07, 6.45) is 3.80. The molecule has 0 atom stereocenters. The fraction of sp³-hybridized carbons (Fsp3) is 0.348. The number of fused-ring (bicyclic) bond motifs is 1. The van der Waals surface area contributed by atoms with Gasteiger partial charge in [0.05, 0.1) is 19.7 Å². The first-order valence-electron chi connectivity index (χ1n) is 10.7. The van der Waals surface area contributed by atoms with Gasteiger partial charge in [-0.2, -0.15) is 0 Å². The van der Waals surface area contributed by atoms with Crippen LogP contribution in [0.5, 0.6) is 5.75 Å². The van der Waals surface area contributed by atoms with Crippen LogP contribution in [-0.4, -0.2) is 55.3 Å². The second kappa shape index (κ2) is 8.02. The lowest BCUT2D eigenvalue weighted by molar-refractivity contribution is -0.0265. The highest BCUT2D eigenvalue weighted by Gasteiger charge is 2.45. The Bertz CT molecular complexity index is 1330. The molecule has 10 heteroatoms. The Morgan fingerprint density at radius 2 is 1.97 bits per heavy atom. The molecule has 0 spiro atoms. The molecule has 0 aliphatic carbocycles. The summed E-state index contributed by atoms with van der Waals surface area (Å²) in [7, 11) is 1.88. The SMILES string of the molecule is CCOc1cc(-c2nncn2C)ccc1Cc1ncc2cc(C)nc(N3CC(F)(F)C3)c2n1. The topological polar surface area (TPSA) is 81.8 Å². The van der Waals surface area contributed by atoms with Crippen LogP contribution in [0.1, 0.15) is 24.0 Å². The minimum atomic E-state index is -2.69. The molecule has 0 radical (unpaired) electrons. The highest BCUT2D eigenvalue weighted by molar-refractivity contribution is 5.89. The van der Waals surface area contributed by atoms with Crippen LogP contribution in [0.4, 0.5) is 14.6 Å². The van der Waals surface area contributed by atoms with E-state index in [2.05, 4.69) is 20.2 Å². The number of halogens is 2. The van der Waals surface area contributed by atoms with Gasteiger partial charge in [0.25, 0.3) is 5.92 Å². The number of benzene rings is 1. The molecule has 170 valence electrons. The molecule has 0 N–H and O–H groups in total. The molecular weight excluding hydrogens is 428 g/mol. The van der Waals surface area contributed by atoms with E-state index in [1.54, 1.807) is 17.4 Å². The fourth-order valence-corrected chi connectivity index (χ4v) is 4.00. The zero-order chi connectivity index (χ0) is 23.2. The van der Waals surface area contributed by atoms with Crippen molar-refractivity contribution < 1.29 is 13.5 Å². The number of hydrogen-bond donors (Lipinski definition) is 0. The van der Waals surface area contributed by atoms with Crippen molar-refractivity contribution in [3.63, 3.8) is 0 Å². The number of ether oxygens (including phenoxy) is 1. The molecule has 1 fully saturated rings. The quantitative estimate of drug-likeness (QED) is 0.443. The van der Waals surface area contributed by atoms with Crippen LogP contribution < -0.4 is 9.64 Å². The van der Waals surface area contributed by atoms with Gasteiger partial charge in [0, 0.05) is 41.9 Å². The van der Waals surface area contributed by atoms with Gasteiger partial charge in [0.2, 0.25) is 0 Å². The van der Waals surface area contributed by atoms with Crippen LogP contribution in [0.25, 0.3) is 22.3 Å². The summed E-state index contributed by atoms with van der Waals surface area (Å²) in [4.78, 5) is 15.3. The van der Waals surface area contributed by atoms with E-state index in [4.69, 9.17) is 9.72 Å². The molecule has 4 heterocycles. The maximum atomic E-state index is 13.5. The van der Waals surface area contributed by atoms with Gasteiger partial charge in [-0.05, 0) is 26.0 Å². The third-order valence-electron chi connectivity index (χ3n) is 5.55. The Morgan fingerprint density at radius 3 is 2.67 bits per heavy atom. The van der Waals surface area contributed by atoms with E-state index >= 15 is 0 Å². The highest BCUT2D eigenvalue weighted by atomic mass is 19.3. The zero-order valence-corrected chi connectivity index (χ0v) is 18.6. The van der Waals surface area contributed by atoms with Crippen LogP contribution in [-0.2, 0) is 13.5 Å². The second-order valence-electron chi connectivity index (χ2n) is 8.22. The van der Waals surface area contributed by atoms with Crippen LogP contribution in [0, 0.1) is 6.92 Å². The molecule has 33 heavy (non-hydrogen) atoms. The first kappa shape index (κ1) is 21.2. The molecule has 5 rings (SSSR count). The van der Waals surface area contributed by atoms with Gasteiger partial charge in [-0.1, -0.05) is 12.1 Å². The van der Waals surface area contributed by atoms with Crippen molar-refractivity contribution in [1.82, 2.24) is 29.7 Å². The number of nitrogens with zero attached hydrogens (tertiary/aromatic N) is 7. The van der Waals surface area contributed by atoms with Gasteiger partial charge in [-0.3, -0.25) is 0 Å². The third-order valence-corrected chi connectivity index (χ3v) is 5.55. The number of hydrogen-bond acceptors (Lipinski definition) is 7. The average molecular weight is 451 g/mol. The van der Waals surface area contributed by atoms with Gasteiger partial charge < -0.3 is 14.2 Å². The number of pyridine rings is 1. The maximum absolute atomic E-state index is 13.5. The summed E-state index contributed by atoms with van der Waals surface area (Å²) in [5.41, 5.74) is 3.12. The van der Waals surface area contributed by atoms with E-state index in [0.29, 0.717) is 35.9 Å². The van der Waals surface area contributed by atoms with Crippen molar-refractivity contribution in [3.05, 3.63) is 53.9 Å². The summed E-state index contributed by atoms with van der Waals surface area (Å²) in [6, 6.07) is 7.72. The predicted octanol–water partition coefficient (Wildman–Crippen LogP) is 3.57. The Kier molecular flexibility index (Phi) is 5.15. The molecular formula is C23H23F2N7O. The third kappa shape index (κ3) is 4.08. The van der Waals surface area contributed by atoms with Gasteiger partial charge in [-0.25, -0.2) is 23.7 Å². The Hall–Kier alpha value is -3.69. The molecule has 4 aromatic rings. The average Bonchev–Trinajstić information content (AvgIpc) is 3.19. The van der Waals surface area contributed by atoms with E-state index in [1.807, 2.05) is 49.7 Å². The van der Waals surface area contributed by atoms with Crippen molar-refractivity contribution in [3.8, 4) is 17.1 Å². The smallest absolute Gasteiger partial charge is 0.282 e. The van der Waals surface area contributed by atoms with Crippen molar-refractivity contribution >= 4 is 16.7 Å². The number of rotatable bonds is 6. The predicted molar refractivity (Wildman–Crippen MR) is 120 cm³/mol. The zero-order valence-electron chi connectivity index (χ0n) is 18.6. The van der Waals surface area contributed by atoms with Crippen LogP contribution in [0.3, 0.4) is 0 Å². The van der Waals surface area contributed by atoms with E-state index < -0.39 is 5.92 Å².